The molecular weight excluding hydrogens is 300 g/mol. The van der Waals surface area contributed by atoms with Gasteiger partial charge < -0.3 is 9.47 Å². The number of hydrogen-bond acceptors (Lipinski definition) is 5. The summed E-state index contributed by atoms with van der Waals surface area (Å²) >= 11 is 4.00. The Morgan fingerprint density at radius 1 is 1.27 bits per heavy atom. The molecule has 0 spiro atoms. The molecule has 128 valence electrons. The summed E-state index contributed by atoms with van der Waals surface area (Å²) in [6.45, 7) is 11.9. The first kappa shape index (κ1) is 21.2. The van der Waals surface area contributed by atoms with Crippen LogP contribution in [0.2, 0.25) is 0 Å². The van der Waals surface area contributed by atoms with E-state index in [1.54, 1.807) is 0 Å². The van der Waals surface area contributed by atoms with E-state index < -0.39 is 0 Å². The highest BCUT2D eigenvalue weighted by molar-refractivity contribution is 7.85. The van der Waals surface area contributed by atoms with Crippen LogP contribution in [-0.4, -0.2) is 25.2 Å². The van der Waals surface area contributed by atoms with E-state index >= 15 is 0 Å². The molecule has 1 fully saturated rings. The van der Waals surface area contributed by atoms with Crippen molar-refractivity contribution < 1.29 is 19.1 Å². The molecular formula is C17H30O4S. The predicted molar refractivity (Wildman–Crippen MR) is 91.7 cm³/mol. The van der Waals surface area contributed by atoms with E-state index in [2.05, 4.69) is 37.8 Å². The molecule has 0 aromatic heterocycles. The first-order chi connectivity index (χ1) is 10.3. The molecule has 0 aromatic rings. The van der Waals surface area contributed by atoms with Crippen molar-refractivity contribution in [1.82, 2.24) is 0 Å². The van der Waals surface area contributed by atoms with Gasteiger partial charge in [-0.05, 0) is 37.5 Å². The molecule has 0 aromatic carbocycles. The standard InChI is InChI=1S/C12H20OS.C5H10O3/c1-4-10-5-8(2)11(6-10)7-12(13)9(3)14;1-3-7-4-8-5(2)6/h8,10-11,14H,3-7H2,1-2H3;3-4H2,1-2H3. The molecule has 0 N–H and O–H groups in total. The Hall–Kier alpha value is -0.810. The van der Waals surface area contributed by atoms with Gasteiger partial charge in [0.05, 0.1) is 0 Å². The monoisotopic (exact) mass is 330 g/mol. The van der Waals surface area contributed by atoms with Crippen molar-refractivity contribution >= 4 is 24.4 Å². The summed E-state index contributed by atoms with van der Waals surface area (Å²) in [5.74, 6) is 1.91. The zero-order valence-electron chi connectivity index (χ0n) is 14.3. The molecule has 0 radical (unpaired) electrons. The van der Waals surface area contributed by atoms with Crippen molar-refractivity contribution in [3.8, 4) is 0 Å². The maximum absolute atomic E-state index is 11.5. The van der Waals surface area contributed by atoms with E-state index in [-0.39, 0.29) is 18.5 Å². The van der Waals surface area contributed by atoms with Gasteiger partial charge in [0.15, 0.2) is 12.6 Å². The molecule has 3 unspecified atom stereocenters. The molecule has 4 nitrogen and oxygen atoms in total. The fraction of sp³-hybridized carbons (Fsp3) is 0.765. The largest absolute Gasteiger partial charge is 0.439 e. The minimum absolute atomic E-state index is 0.0752. The van der Waals surface area contributed by atoms with E-state index in [0.717, 1.165) is 5.92 Å². The molecule has 5 heteroatoms. The lowest BCUT2D eigenvalue weighted by Gasteiger charge is -2.13. The number of carbonyl (C=O) groups is 2. The number of ether oxygens (including phenoxy) is 2. The molecule has 1 aliphatic rings. The summed E-state index contributed by atoms with van der Waals surface area (Å²) in [5, 5.41) is 0. The summed E-state index contributed by atoms with van der Waals surface area (Å²) in [6.07, 6.45) is 4.40. The van der Waals surface area contributed by atoms with Crippen LogP contribution in [-0.2, 0) is 19.1 Å². The van der Waals surface area contributed by atoms with Crippen LogP contribution in [0, 0.1) is 17.8 Å². The van der Waals surface area contributed by atoms with Crippen molar-refractivity contribution in [1.29, 1.82) is 0 Å². The Morgan fingerprint density at radius 3 is 2.32 bits per heavy atom. The average Bonchev–Trinajstić information content (AvgIpc) is 2.80. The van der Waals surface area contributed by atoms with Crippen LogP contribution in [0.4, 0.5) is 0 Å². The van der Waals surface area contributed by atoms with Gasteiger partial charge in [-0.15, -0.1) is 12.6 Å². The van der Waals surface area contributed by atoms with Gasteiger partial charge in [0.25, 0.3) is 0 Å². The fourth-order valence-electron chi connectivity index (χ4n) is 2.66. The second kappa shape index (κ2) is 11.7. The molecule has 3 atom stereocenters. The van der Waals surface area contributed by atoms with E-state index in [4.69, 9.17) is 4.74 Å². The third kappa shape index (κ3) is 9.26. The molecule has 1 saturated carbocycles. The second-order valence-electron chi connectivity index (χ2n) is 5.80. The minimum Gasteiger partial charge on any atom is -0.439 e. The Balaban J connectivity index is 0.000000472. The maximum atomic E-state index is 11.5. The fourth-order valence-corrected chi connectivity index (χ4v) is 2.75. The highest BCUT2D eigenvalue weighted by atomic mass is 32.1. The van der Waals surface area contributed by atoms with Crippen molar-refractivity contribution in [2.24, 2.45) is 17.8 Å². The lowest BCUT2D eigenvalue weighted by Crippen LogP contribution is -2.10. The third-order valence-electron chi connectivity index (χ3n) is 4.04. The Bertz CT molecular complexity index is 368. The zero-order chi connectivity index (χ0) is 17.1. The lowest BCUT2D eigenvalue weighted by atomic mass is 9.92. The van der Waals surface area contributed by atoms with Gasteiger partial charge in [0.1, 0.15) is 0 Å². The smallest absolute Gasteiger partial charge is 0.304 e. The highest BCUT2D eigenvalue weighted by Crippen LogP contribution is 2.40. The summed E-state index contributed by atoms with van der Waals surface area (Å²) in [5.41, 5.74) is 0. The first-order valence-corrected chi connectivity index (χ1v) is 8.38. The molecule has 1 aliphatic carbocycles. The normalized spacial score (nSPS) is 23.4. The molecule has 0 amide bonds. The average molecular weight is 330 g/mol. The van der Waals surface area contributed by atoms with Crippen molar-refractivity contribution in [3.63, 3.8) is 0 Å². The Kier molecular flexibility index (Phi) is 11.3. The van der Waals surface area contributed by atoms with E-state index in [9.17, 15) is 9.59 Å². The van der Waals surface area contributed by atoms with E-state index in [1.165, 1.54) is 26.2 Å². The Morgan fingerprint density at radius 2 is 1.91 bits per heavy atom. The number of Topliss-reactive ketones (excluding diaryl/α,β-unsaturated/α-hetero) is 1. The quantitative estimate of drug-likeness (QED) is 0.252. The first-order valence-electron chi connectivity index (χ1n) is 7.93. The summed E-state index contributed by atoms with van der Waals surface area (Å²) in [7, 11) is 0. The number of carbonyl (C=O) groups excluding carboxylic acids is 2. The molecule has 0 heterocycles. The molecule has 0 saturated heterocycles. The van der Waals surface area contributed by atoms with Gasteiger partial charge in [-0.3, -0.25) is 9.59 Å². The van der Waals surface area contributed by atoms with Crippen LogP contribution in [0.5, 0.6) is 0 Å². The van der Waals surface area contributed by atoms with Crippen molar-refractivity contribution in [3.05, 3.63) is 11.5 Å². The van der Waals surface area contributed by atoms with Crippen LogP contribution >= 0.6 is 12.6 Å². The van der Waals surface area contributed by atoms with Gasteiger partial charge in [0.2, 0.25) is 0 Å². The van der Waals surface area contributed by atoms with E-state index in [1.807, 2.05) is 6.92 Å². The van der Waals surface area contributed by atoms with Crippen LogP contribution in [0.3, 0.4) is 0 Å². The third-order valence-corrected chi connectivity index (χ3v) is 4.29. The maximum Gasteiger partial charge on any atom is 0.304 e. The van der Waals surface area contributed by atoms with E-state index in [0.29, 0.717) is 29.8 Å². The number of ketones is 1. The van der Waals surface area contributed by atoms with Crippen molar-refractivity contribution in [2.45, 2.75) is 53.4 Å². The van der Waals surface area contributed by atoms with Crippen LogP contribution in [0.15, 0.2) is 11.5 Å². The predicted octanol–water partition coefficient (Wildman–Crippen LogP) is 4.00. The number of rotatable bonds is 7. The topological polar surface area (TPSA) is 52.6 Å². The van der Waals surface area contributed by atoms with Crippen LogP contribution in [0.1, 0.15) is 53.4 Å². The van der Waals surface area contributed by atoms with Gasteiger partial charge in [-0.2, -0.15) is 0 Å². The molecule has 0 aliphatic heterocycles. The van der Waals surface area contributed by atoms with Gasteiger partial charge in [-0.25, -0.2) is 0 Å². The Labute approximate surface area is 140 Å². The second-order valence-corrected chi connectivity index (χ2v) is 6.34. The number of thiol groups is 1. The van der Waals surface area contributed by atoms with Gasteiger partial charge in [0, 0.05) is 24.9 Å². The summed E-state index contributed by atoms with van der Waals surface area (Å²) < 4.78 is 9.12. The van der Waals surface area contributed by atoms with Crippen LogP contribution < -0.4 is 0 Å². The van der Waals surface area contributed by atoms with Gasteiger partial charge >= 0.3 is 5.97 Å². The highest BCUT2D eigenvalue weighted by Gasteiger charge is 2.31. The summed E-state index contributed by atoms with van der Waals surface area (Å²) in [4.78, 5) is 21.9. The minimum atomic E-state index is -0.307. The van der Waals surface area contributed by atoms with Gasteiger partial charge in [-0.1, -0.05) is 26.8 Å². The van der Waals surface area contributed by atoms with Crippen LogP contribution in [0.25, 0.3) is 0 Å². The molecule has 0 bridgehead atoms. The molecule has 1 rings (SSSR count). The number of esters is 1. The lowest BCUT2D eigenvalue weighted by molar-refractivity contribution is -0.153. The number of hydrogen-bond donors (Lipinski definition) is 1. The SMILES string of the molecule is C=C(S)C(=O)CC1CC(CC)CC1C.CCOCOC(C)=O. The molecule has 22 heavy (non-hydrogen) atoms. The zero-order valence-corrected chi connectivity index (χ0v) is 15.2. The number of allylic oxidation sites excluding steroid dienone is 1. The van der Waals surface area contributed by atoms with Crippen molar-refractivity contribution in [2.75, 3.05) is 13.4 Å². The summed E-state index contributed by atoms with van der Waals surface area (Å²) in [6, 6.07) is 0.